The molecule has 12 heteroatoms. The zero-order valence-electron chi connectivity index (χ0n) is 19.0. The Balaban J connectivity index is 0.000000323. The molecule has 2 rings (SSSR count). The summed E-state index contributed by atoms with van der Waals surface area (Å²) in [6, 6.07) is 0. The molecule has 0 fully saturated rings. The van der Waals surface area contributed by atoms with Gasteiger partial charge in [-0.1, -0.05) is 65.2 Å². The third-order valence-electron chi connectivity index (χ3n) is 4.48. The van der Waals surface area contributed by atoms with Gasteiger partial charge in [0.1, 0.15) is 0 Å². The summed E-state index contributed by atoms with van der Waals surface area (Å²) in [5.41, 5.74) is 0. The molecule has 0 spiro atoms. The second kappa shape index (κ2) is 18.0. The maximum atomic E-state index is 4.98. The Kier molecular flexibility index (Phi) is 16.0. The Morgan fingerprint density at radius 1 is 0.562 bits per heavy atom. The third-order valence-corrected chi connectivity index (χ3v) is 5.27. The van der Waals surface area contributed by atoms with Crippen molar-refractivity contribution in [3.63, 3.8) is 0 Å². The van der Waals surface area contributed by atoms with Gasteiger partial charge in [-0.25, -0.2) is 0 Å². The number of hydrogen-bond acceptors (Lipinski definition) is 8. The van der Waals surface area contributed by atoms with E-state index in [-0.39, 0.29) is 0 Å². The molecular weight excluding hydrogens is 481 g/mol. The van der Waals surface area contributed by atoms with Crippen LogP contribution in [0, 0.1) is 19.1 Å². The standard InChI is InChI=1S/C11H20N4S2.C9H16N4S2/c1-2-3-4-5-6-7-8-12-9-13-10(16)15-11(17)14-9;1-2-3-4-5-6-10-7-11-8(14)13-9(15)12-7/h2-8H2,1H3,(H3,12,13,14,15,16,17);2-6H2,1H3,(H3,10,11,12,13,14,15). The Hall–Kier alpha value is -1.50. The van der Waals surface area contributed by atoms with Gasteiger partial charge in [-0.3, -0.25) is 0 Å². The fourth-order valence-corrected chi connectivity index (χ4v) is 3.73. The molecule has 0 saturated heterocycles. The van der Waals surface area contributed by atoms with E-state index < -0.39 is 0 Å². The number of anilines is 2. The Bertz CT molecular complexity index is 922. The predicted octanol–water partition coefficient (Wildman–Crippen LogP) is 7.16. The molecule has 8 nitrogen and oxygen atoms in total. The van der Waals surface area contributed by atoms with E-state index in [1.807, 2.05) is 0 Å². The van der Waals surface area contributed by atoms with E-state index in [4.69, 9.17) is 48.9 Å². The van der Waals surface area contributed by atoms with Crippen LogP contribution in [0.4, 0.5) is 11.9 Å². The molecule has 2 aromatic rings. The van der Waals surface area contributed by atoms with E-state index in [1.54, 1.807) is 0 Å². The van der Waals surface area contributed by atoms with Gasteiger partial charge >= 0.3 is 0 Å². The summed E-state index contributed by atoms with van der Waals surface area (Å²) < 4.78 is 1.84. The van der Waals surface area contributed by atoms with Crippen LogP contribution in [-0.2, 0) is 0 Å². The number of hydrogen-bond donors (Lipinski definition) is 6. The zero-order chi connectivity index (χ0) is 23.6. The van der Waals surface area contributed by atoms with Crippen molar-refractivity contribution in [1.82, 2.24) is 29.9 Å². The third kappa shape index (κ3) is 14.5. The molecule has 0 aliphatic rings. The van der Waals surface area contributed by atoms with Crippen LogP contribution in [0.25, 0.3) is 0 Å². The lowest BCUT2D eigenvalue weighted by Crippen LogP contribution is -2.06. The molecule has 0 unspecified atom stereocenters. The van der Waals surface area contributed by atoms with E-state index in [0.717, 1.165) is 25.9 Å². The summed E-state index contributed by atoms with van der Waals surface area (Å²) in [6.45, 7) is 6.23. The van der Waals surface area contributed by atoms with E-state index in [2.05, 4.69) is 54.4 Å². The highest BCUT2D eigenvalue weighted by atomic mass is 32.1. The monoisotopic (exact) mass is 516 g/mol. The Morgan fingerprint density at radius 3 is 1.34 bits per heavy atom. The van der Waals surface area contributed by atoms with Crippen LogP contribution >= 0.6 is 48.9 Å². The van der Waals surface area contributed by atoms with E-state index in [0.29, 0.717) is 31.0 Å². The first-order valence-corrected chi connectivity index (χ1v) is 13.0. The summed E-state index contributed by atoms with van der Waals surface area (Å²) >= 11 is 19.8. The second-order valence-corrected chi connectivity index (χ2v) is 8.96. The van der Waals surface area contributed by atoms with E-state index in [1.165, 1.54) is 51.4 Å². The number of nitrogens with zero attached hydrogens (tertiary/aromatic N) is 2. The highest BCUT2D eigenvalue weighted by molar-refractivity contribution is 7.72. The molecule has 0 aromatic carbocycles. The van der Waals surface area contributed by atoms with Crippen molar-refractivity contribution in [2.75, 3.05) is 23.7 Å². The van der Waals surface area contributed by atoms with Crippen molar-refractivity contribution in [2.45, 2.75) is 78.1 Å². The van der Waals surface area contributed by atoms with Crippen LogP contribution in [0.3, 0.4) is 0 Å². The van der Waals surface area contributed by atoms with Crippen LogP contribution in [0.1, 0.15) is 78.1 Å². The maximum absolute atomic E-state index is 4.98. The van der Waals surface area contributed by atoms with Crippen molar-refractivity contribution in [2.24, 2.45) is 0 Å². The number of nitrogens with one attached hydrogen (secondary N) is 6. The molecule has 2 heterocycles. The molecule has 0 amide bonds. The largest absolute Gasteiger partial charge is 0.356 e. The summed E-state index contributed by atoms with van der Waals surface area (Å²) in [4.78, 5) is 19.5. The fourth-order valence-electron chi connectivity index (χ4n) is 2.82. The van der Waals surface area contributed by atoms with Gasteiger partial charge in [-0.15, -0.1) is 0 Å². The van der Waals surface area contributed by atoms with Gasteiger partial charge in [0.05, 0.1) is 0 Å². The predicted molar refractivity (Wildman–Crippen MR) is 144 cm³/mol. The lowest BCUT2D eigenvalue weighted by atomic mass is 10.1. The van der Waals surface area contributed by atoms with Gasteiger partial charge in [0.25, 0.3) is 0 Å². The summed E-state index contributed by atoms with van der Waals surface area (Å²) in [5.74, 6) is 1.31. The number of unbranched alkanes of at least 4 members (excludes halogenated alkanes) is 8. The van der Waals surface area contributed by atoms with Gasteiger partial charge < -0.3 is 30.6 Å². The first-order valence-electron chi connectivity index (χ1n) is 11.3. The fraction of sp³-hybridized carbons (Fsp3) is 0.700. The maximum Gasteiger partial charge on any atom is 0.205 e. The Labute approximate surface area is 210 Å². The molecule has 180 valence electrons. The van der Waals surface area contributed by atoms with Crippen molar-refractivity contribution in [3.05, 3.63) is 19.1 Å². The van der Waals surface area contributed by atoms with Crippen LogP contribution in [-0.4, -0.2) is 43.0 Å². The average molecular weight is 517 g/mol. The zero-order valence-corrected chi connectivity index (χ0v) is 22.3. The average Bonchev–Trinajstić information content (AvgIpc) is 2.72. The van der Waals surface area contributed by atoms with Crippen LogP contribution in [0.15, 0.2) is 0 Å². The summed E-state index contributed by atoms with van der Waals surface area (Å²) in [5, 5.41) is 6.36. The molecule has 6 N–H and O–H groups in total. The van der Waals surface area contributed by atoms with Gasteiger partial charge in [0, 0.05) is 13.1 Å². The molecule has 0 atom stereocenters. The quantitative estimate of drug-likeness (QED) is 0.116. The molecule has 0 saturated carbocycles. The summed E-state index contributed by atoms with van der Waals surface area (Å²) in [6.07, 6.45) is 12.6. The minimum absolute atomic E-state index is 0.412. The lowest BCUT2D eigenvalue weighted by Gasteiger charge is -2.04. The normalized spacial score (nSPS) is 10.3. The molecule has 2 aromatic heterocycles. The smallest absolute Gasteiger partial charge is 0.205 e. The summed E-state index contributed by atoms with van der Waals surface area (Å²) in [7, 11) is 0. The SMILES string of the molecule is CCCCCCCCNc1nc(=S)[nH]c(=S)[nH]1.CCCCCCNc1nc(=S)[nH]c(=S)[nH]1. The minimum atomic E-state index is 0.412. The molecule has 32 heavy (non-hydrogen) atoms. The van der Waals surface area contributed by atoms with Gasteiger partial charge in [-0.05, 0) is 61.7 Å². The number of H-pyrrole nitrogens is 4. The molecule has 0 aliphatic carbocycles. The first kappa shape index (κ1) is 28.5. The second-order valence-electron chi connectivity index (χ2n) is 7.37. The number of rotatable bonds is 14. The molecule has 0 aliphatic heterocycles. The molecular formula is C20H36N8S4. The van der Waals surface area contributed by atoms with E-state index in [9.17, 15) is 0 Å². The van der Waals surface area contributed by atoms with E-state index >= 15 is 0 Å². The van der Waals surface area contributed by atoms with Crippen molar-refractivity contribution < 1.29 is 0 Å². The highest BCUT2D eigenvalue weighted by Crippen LogP contribution is 2.05. The lowest BCUT2D eigenvalue weighted by molar-refractivity contribution is 0.616. The first-order chi connectivity index (χ1) is 15.4. The number of aromatic amines is 4. The topological polar surface area (TPSA) is 113 Å². The van der Waals surface area contributed by atoms with Crippen LogP contribution < -0.4 is 10.6 Å². The van der Waals surface area contributed by atoms with Crippen LogP contribution in [0.5, 0.6) is 0 Å². The Morgan fingerprint density at radius 2 is 0.938 bits per heavy atom. The van der Waals surface area contributed by atoms with Gasteiger partial charge in [0.15, 0.2) is 9.54 Å². The van der Waals surface area contributed by atoms with Crippen LogP contribution in [0.2, 0.25) is 0 Å². The molecule has 0 radical (unpaired) electrons. The minimum Gasteiger partial charge on any atom is -0.356 e. The van der Waals surface area contributed by atoms with Crippen molar-refractivity contribution in [1.29, 1.82) is 0 Å². The van der Waals surface area contributed by atoms with Gasteiger partial charge in [-0.2, -0.15) is 9.97 Å². The van der Waals surface area contributed by atoms with Crippen molar-refractivity contribution in [3.8, 4) is 0 Å². The molecule has 0 bridgehead atoms. The highest BCUT2D eigenvalue weighted by Gasteiger charge is 1.95. The van der Waals surface area contributed by atoms with Gasteiger partial charge in [0.2, 0.25) is 21.4 Å². The number of aromatic nitrogens is 6. The van der Waals surface area contributed by atoms with Crippen molar-refractivity contribution >= 4 is 60.8 Å².